The molecule has 9 atom stereocenters. The van der Waals surface area contributed by atoms with E-state index in [0.29, 0.717) is 11.3 Å². The number of carbonyl (C=O) groups is 2. The van der Waals surface area contributed by atoms with Crippen molar-refractivity contribution in [2.75, 3.05) is 13.7 Å². The molecule has 3 aliphatic rings. The van der Waals surface area contributed by atoms with Crippen LogP contribution in [0.5, 0.6) is 5.75 Å². The summed E-state index contributed by atoms with van der Waals surface area (Å²) >= 11 is 0. The molecule has 2 saturated heterocycles. The lowest BCUT2D eigenvalue weighted by Crippen LogP contribution is -2.59. The van der Waals surface area contributed by atoms with E-state index in [0.717, 1.165) is 11.1 Å². The van der Waals surface area contributed by atoms with Crippen molar-refractivity contribution in [3.05, 3.63) is 65.3 Å². The van der Waals surface area contributed by atoms with Crippen LogP contribution in [0, 0.1) is 5.92 Å². The number of benzene rings is 1. The lowest BCUT2D eigenvalue weighted by molar-refractivity contribution is -0.308. The van der Waals surface area contributed by atoms with Crippen LogP contribution in [0.2, 0.25) is 0 Å². The maximum atomic E-state index is 13.0. The van der Waals surface area contributed by atoms with Gasteiger partial charge < -0.3 is 44.1 Å². The van der Waals surface area contributed by atoms with Crippen molar-refractivity contribution in [2.24, 2.45) is 5.92 Å². The van der Waals surface area contributed by atoms with Gasteiger partial charge in [-0.1, -0.05) is 24.8 Å². The van der Waals surface area contributed by atoms with Crippen LogP contribution in [0.3, 0.4) is 0 Å². The van der Waals surface area contributed by atoms with Crippen LogP contribution < -0.4 is 4.74 Å². The summed E-state index contributed by atoms with van der Waals surface area (Å²) in [5, 5.41) is 40.4. The fourth-order valence-corrected chi connectivity index (χ4v) is 5.21. The maximum absolute atomic E-state index is 13.0. The number of aliphatic hydroxyl groups is 4. The van der Waals surface area contributed by atoms with Crippen LogP contribution in [0.15, 0.2) is 59.7 Å². The van der Waals surface area contributed by atoms with E-state index in [2.05, 4.69) is 6.58 Å². The highest BCUT2D eigenvalue weighted by atomic mass is 16.7. The second-order valence-corrected chi connectivity index (χ2v) is 10.7. The molecular formula is C30H38O11. The van der Waals surface area contributed by atoms with E-state index < -0.39 is 73.5 Å². The third kappa shape index (κ3) is 7.06. The van der Waals surface area contributed by atoms with Gasteiger partial charge in [0, 0.05) is 11.5 Å². The van der Waals surface area contributed by atoms with E-state index in [1.54, 1.807) is 44.4 Å². The highest BCUT2D eigenvalue weighted by molar-refractivity contribution is 5.91. The molecule has 1 aromatic carbocycles. The summed E-state index contributed by atoms with van der Waals surface area (Å²) in [5.41, 5.74) is 2.41. The third-order valence-corrected chi connectivity index (χ3v) is 7.84. The lowest BCUT2D eigenvalue weighted by Gasteiger charge is -2.41. The summed E-state index contributed by atoms with van der Waals surface area (Å²) in [6.45, 7) is 6.91. The van der Waals surface area contributed by atoms with Crippen molar-refractivity contribution in [1.82, 2.24) is 0 Å². The Bertz CT molecular complexity index is 1170. The van der Waals surface area contributed by atoms with Gasteiger partial charge in [-0.2, -0.15) is 0 Å². The van der Waals surface area contributed by atoms with Crippen molar-refractivity contribution < 1.29 is 53.7 Å². The van der Waals surface area contributed by atoms with Crippen LogP contribution in [0.4, 0.5) is 0 Å². The molecule has 0 unspecified atom stereocenters. The smallest absolute Gasteiger partial charge is 0.334 e. The number of ether oxygens (including phenoxy) is 5. The van der Waals surface area contributed by atoms with Crippen LogP contribution in [-0.4, -0.2) is 95.1 Å². The Morgan fingerprint density at radius 3 is 2.41 bits per heavy atom. The number of hydrogen-bond donors (Lipinski definition) is 4. The van der Waals surface area contributed by atoms with E-state index >= 15 is 0 Å². The van der Waals surface area contributed by atoms with Gasteiger partial charge in [0.2, 0.25) is 0 Å². The molecule has 0 amide bonds. The first-order valence-electron chi connectivity index (χ1n) is 13.6. The number of aliphatic hydroxyl groups excluding tert-OH is 4. The molecule has 2 heterocycles. The summed E-state index contributed by atoms with van der Waals surface area (Å²) in [5.74, 6) is -0.782. The number of hydrogen-bond acceptors (Lipinski definition) is 11. The Morgan fingerprint density at radius 2 is 1.76 bits per heavy atom. The molecule has 1 aliphatic carbocycles. The largest absolute Gasteiger partial charge is 0.497 e. The quantitative estimate of drug-likeness (QED) is 0.210. The molecule has 0 aromatic heterocycles. The van der Waals surface area contributed by atoms with E-state index in [9.17, 15) is 30.0 Å². The fourth-order valence-electron chi connectivity index (χ4n) is 5.21. The molecule has 0 saturated carbocycles. The highest BCUT2D eigenvalue weighted by Gasteiger charge is 2.45. The summed E-state index contributed by atoms with van der Waals surface area (Å²) in [7, 11) is 1.56. The summed E-state index contributed by atoms with van der Waals surface area (Å²) in [6, 6.07) is 7.09. The molecule has 0 bridgehead atoms. The summed E-state index contributed by atoms with van der Waals surface area (Å²) < 4.78 is 28.3. The Morgan fingerprint density at radius 1 is 1.05 bits per heavy atom. The van der Waals surface area contributed by atoms with E-state index in [-0.39, 0.29) is 24.8 Å². The minimum Gasteiger partial charge on any atom is -0.497 e. The maximum Gasteiger partial charge on any atom is 0.334 e. The van der Waals surface area contributed by atoms with Crippen LogP contribution in [-0.2, 0) is 35.0 Å². The molecule has 2 aliphatic heterocycles. The van der Waals surface area contributed by atoms with Crippen LogP contribution in [0.25, 0.3) is 0 Å². The fraction of sp³-hybridized carbons (Fsp3) is 0.533. The summed E-state index contributed by atoms with van der Waals surface area (Å²) in [4.78, 5) is 25.4. The number of fused-ring (bicyclic) bond motifs is 1. The van der Waals surface area contributed by atoms with E-state index in [1.807, 2.05) is 13.0 Å². The highest BCUT2D eigenvalue weighted by Crippen LogP contribution is 2.36. The standard InChI is InChI=1S/C30H38O11/c1-15-5-10-21(40-30-28(35)27(34)26(33)24(14-31)41-30)16(2)11-23-20(17(3)29(36)39-23)13-22(15)38-25(32)12-18-6-8-19(37-4)9-7-18/h5-9,11,20-24,26-28,30-31,33-35H,3,10,12-14H2,1-2,4H3/b15-5-,16-11+/t20-,21+,22-,23+,24-,26+,27+,28-,30-/m1/s1. The number of rotatable bonds is 7. The zero-order valence-electron chi connectivity index (χ0n) is 23.3. The summed E-state index contributed by atoms with van der Waals surface area (Å²) in [6.07, 6.45) is -5.08. The Balaban J connectivity index is 1.56. The molecule has 0 radical (unpaired) electrons. The minimum absolute atomic E-state index is 0.0418. The Kier molecular flexibility index (Phi) is 10.0. The van der Waals surface area contributed by atoms with Crippen LogP contribution >= 0.6 is 0 Å². The molecule has 4 rings (SSSR count). The monoisotopic (exact) mass is 574 g/mol. The molecule has 4 N–H and O–H groups in total. The predicted octanol–water partition coefficient (Wildman–Crippen LogP) is 1.12. The van der Waals surface area contributed by atoms with Gasteiger partial charge in [-0.3, -0.25) is 4.79 Å². The van der Waals surface area contributed by atoms with Crippen molar-refractivity contribution in [3.63, 3.8) is 0 Å². The first-order chi connectivity index (χ1) is 19.5. The number of methoxy groups -OCH3 is 1. The van der Waals surface area contributed by atoms with Crippen molar-refractivity contribution in [3.8, 4) is 5.75 Å². The van der Waals surface area contributed by atoms with Gasteiger partial charge in [0.1, 0.15) is 42.4 Å². The molecule has 11 heteroatoms. The minimum atomic E-state index is -1.59. The first-order valence-corrected chi connectivity index (χ1v) is 13.6. The van der Waals surface area contributed by atoms with Crippen molar-refractivity contribution in [1.29, 1.82) is 0 Å². The molecule has 2 fully saturated rings. The normalized spacial score (nSPS) is 36.7. The van der Waals surface area contributed by atoms with Gasteiger partial charge in [0.05, 0.1) is 26.2 Å². The molecule has 1 aromatic rings. The molecule has 0 spiro atoms. The van der Waals surface area contributed by atoms with Gasteiger partial charge in [0.25, 0.3) is 0 Å². The van der Waals surface area contributed by atoms with Crippen molar-refractivity contribution >= 4 is 11.9 Å². The zero-order chi connectivity index (χ0) is 29.8. The van der Waals surface area contributed by atoms with Gasteiger partial charge in [0.15, 0.2) is 6.29 Å². The van der Waals surface area contributed by atoms with Gasteiger partial charge in [-0.05, 0) is 61.6 Å². The van der Waals surface area contributed by atoms with Gasteiger partial charge in [-0.15, -0.1) is 0 Å². The van der Waals surface area contributed by atoms with Gasteiger partial charge in [-0.25, -0.2) is 4.79 Å². The van der Waals surface area contributed by atoms with E-state index in [4.69, 9.17) is 23.7 Å². The molecule has 11 nitrogen and oxygen atoms in total. The van der Waals surface area contributed by atoms with Crippen molar-refractivity contribution in [2.45, 2.75) is 82.1 Å². The van der Waals surface area contributed by atoms with Gasteiger partial charge >= 0.3 is 11.9 Å². The Labute approximate surface area is 238 Å². The predicted molar refractivity (Wildman–Crippen MR) is 144 cm³/mol. The molecule has 224 valence electrons. The lowest BCUT2D eigenvalue weighted by atomic mass is 9.86. The van der Waals surface area contributed by atoms with Crippen LogP contribution in [0.1, 0.15) is 32.3 Å². The molecule has 41 heavy (non-hydrogen) atoms. The average Bonchev–Trinajstić information content (AvgIpc) is 3.21. The number of esters is 2. The van der Waals surface area contributed by atoms with E-state index in [1.165, 1.54) is 0 Å². The second kappa shape index (κ2) is 13.3. The molecular weight excluding hydrogens is 536 g/mol. The topological polar surface area (TPSA) is 161 Å². The average molecular weight is 575 g/mol. The third-order valence-electron chi connectivity index (χ3n) is 7.84. The second-order valence-electron chi connectivity index (χ2n) is 10.7. The first kappa shape index (κ1) is 30.9. The zero-order valence-corrected chi connectivity index (χ0v) is 23.3. The SMILES string of the molecule is C=C1C(=O)O[C@H]2/C=C(\C)[C@@H](O[C@@H]3O[C@H](CO)[C@H](O)[C@H](O)[C@H]3O)C/C=C(/C)[C@H](OC(=O)Cc3ccc(OC)cc3)C[C@H]12. The Hall–Kier alpha value is -3.06. The number of carbonyl (C=O) groups excluding carboxylic acids is 2.